The summed E-state index contributed by atoms with van der Waals surface area (Å²) in [4.78, 5) is 0. The molecule has 1 aromatic carbocycles. The molecule has 1 fully saturated rings. The van der Waals surface area contributed by atoms with E-state index in [2.05, 4.69) is 31.2 Å². The number of hydrogen-bond donors (Lipinski definition) is 1. The van der Waals surface area contributed by atoms with Crippen LogP contribution >= 0.6 is 0 Å². The van der Waals surface area contributed by atoms with Crippen LogP contribution < -0.4 is 5.73 Å². The van der Waals surface area contributed by atoms with Gasteiger partial charge in [-0.3, -0.25) is 0 Å². The van der Waals surface area contributed by atoms with E-state index in [4.69, 9.17) is 5.73 Å². The summed E-state index contributed by atoms with van der Waals surface area (Å²) >= 11 is 0. The van der Waals surface area contributed by atoms with Gasteiger partial charge < -0.3 is 5.73 Å². The van der Waals surface area contributed by atoms with Gasteiger partial charge in [0.2, 0.25) is 0 Å². The molecular formula is C13H21N. The lowest BCUT2D eigenvalue weighted by Gasteiger charge is -2.10. The lowest BCUT2D eigenvalue weighted by molar-refractivity contribution is 0.633. The minimum absolute atomic E-state index is 0.282. The zero-order valence-corrected chi connectivity index (χ0v) is 9.46. The summed E-state index contributed by atoms with van der Waals surface area (Å²) in [5.41, 5.74) is 8.68. The molecule has 1 saturated carbocycles. The Morgan fingerprint density at radius 2 is 1.93 bits per heavy atom. The van der Waals surface area contributed by atoms with Crippen LogP contribution in [0.25, 0.3) is 0 Å². The second-order valence-corrected chi connectivity index (χ2v) is 3.78. The fourth-order valence-electron chi connectivity index (χ4n) is 1.60. The number of hydrogen-bond acceptors (Lipinski definition) is 1. The fourth-order valence-corrected chi connectivity index (χ4v) is 1.60. The SMILES string of the molecule is CC.Cc1cccc(C(N)C2CC2)c1. The molecule has 0 aliphatic heterocycles. The van der Waals surface area contributed by atoms with E-state index in [1.165, 1.54) is 24.0 Å². The van der Waals surface area contributed by atoms with Gasteiger partial charge in [0.1, 0.15) is 0 Å². The Balaban J connectivity index is 0.000000461. The van der Waals surface area contributed by atoms with Gasteiger partial charge in [-0.05, 0) is 31.2 Å². The molecule has 0 aromatic heterocycles. The molecule has 14 heavy (non-hydrogen) atoms. The van der Waals surface area contributed by atoms with E-state index in [9.17, 15) is 0 Å². The molecule has 78 valence electrons. The van der Waals surface area contributed by atoms with Crippen molar-refractivity contribution in [1.29, 1.82) is 0 Å². The molecule has 1 aliphatic carbocycles. The van der Waals surface area contributed by atoms with Crippen LogP contribution in [0.1, 0.15) is 43.9 Å². The van der Waals surface area contributed by atoms with Crippen LogP contribution in [-0.2, 0) is 0 Å². The van der Waals surface area contributed by atoms with Crippen molar-refractivity contribution in [1.82, 2.24) is 0 Å². The maximum Gasteiger partial charge on any atom is 0.0323 e. The van der Waals surface area contributed by atoms with Gasteiger partial charge in [0, 0.05) is 6.04 Å². The highest BCUT2D eigenvalue weighted by Crippen LogP contribution is 2.39. The lowest BCUT2D eigenvalue weighted by Crippen LogP contribution is -2.12. The summed E-state index contributed by atoms with van der Waals surface area (Å²) in [6, 6.07) is 8.82. The van der Waals surface area contributed by atoms with Crippen LogP contribution in [0.3, 0.4) is 0 Å². The maximum absolute atomic E-state index is 6.07. The van der Waals surface area contributed by atoms with E-state index < -0.39 is 0 Å². The van der Waals surface area contributed by atoms with E-state index in [1.807, 2.05) is 13.8 Å². The van der Waals surface area contributed by atoms with E-state index in [-0.39, 0.29) is 6.04 Å². The summed E-state index contributed by atoms with van der Waals surface area (Å²) in [5, 5.41) is 0. The Kier molecular flexibility index (Phi) is 4.15. The third-order valence-corrected chi connectivity index (χ3v) is 2.56. The van der Waals surface area contributed by atoms with Gasteiger partial charge in [-0.1, -0.05) is 43.7 Å². The van der Waals surface area contributed by atoms with Crippen molar-refractivity contribution in [2.45, 2.75) is 39.7 Å². The molecule has 2 rings (SSSR count). The lowest BCUT2D eigenvalue weighted by atomic mass is 10.0. The Labute approximate surface area is 87.3 Å². The average molecular weight is 191 g/mol. The molecule has 1 aromatic rings. The van der Waals surface area contributed by atoms with Gasteiger partial charge in [0.05, 0.1) is 0 Å². The number of nitrogens with two attached hydrogens (primary N) is 1. The van der Waals surface area contributed by atoms with Crippen molar-refractivity contribution in [3.8, 4) is 0 Å². The summed E-state index contributed by atoms with van der Waals surface area (Å²) in [6.45, 7) is 6.11. The van der Waals surface area contributed by atoms with Crippen LogP contribution in [0.5, 0.6) is 0 Å². The van der Waals surface area contributed by atoms with Gasteiger partial charge in [-0.25, -0.2) is 0 Å². The second kappa shape index (κ2) is 5.16. The summed E-state index contributed by atoms with van der Waals surface area (Å²) in [5.74, 6) is 0.756. The third-order valence-electron chi connectivity index (χ3n) is 2.56. The predicted octanol–water partition coefficient (Wildman–Crippen LogP) is 3.43. The van der Waals surface area contributed by atoms with Crippen molar-refractivity contribution in [3.05, 3.63) is 35.4 Å². The monoisotopic (exact) mass is 191 g/mol. The number of aryl methyl sites for hydroxylation is 1. The Morgan fingerprint density at radius 3 is 2.43 bits per heavy atom. The van der Waals surface area contributed by atoms with Crippen LogP contribution in [0.2, 0.25) is 0 Å². The molecule has 2 N–H and O–H groups in total. The van der Waals surface area contributed by atoms with Crippen molar-refractivity contribution in [2.75, 3.05) is 0 Å². The van der Waals surface area contributed by atoms with Gasteiger partial charge >= 0.3 is 0 Å². The molecule has 1 aliphatic rings. The first-order chi connectivity index (χ1) is 6.77. The van der Waals surface area contributed by atoms with E-state index in [0.717, 1.165) is 5.92 Å². The summed E-state index contributed by atoms with van der Waals surface area (Å²) in [7, 11) is 0. The molecule has 1 atom stereocenters. The largest absolute Gasteiger partial charge is 0.324 e. The molecule has 0 amide bonds. The van der Waals surface area contributed by atoms with E-state index in [0.29, 0.717) is 0 Å². The Hall–Kier alpha value is -0.820. The highest BCUT2D eigenvalue weighted by molar-refractivity contribution is 5.26. The van der Waals surface area contributed by atoms with Crippen molar-refractivity contribution in [2.24, 2.45) is 11.7 Å². The molecule has 1 nitrogen and oxygen atoms in total. The first kappa shape index (κ1) is 11.3. The average Bonchev–Trinajstić information content (AvgIpc) is 3.03. The molecular weight excluding hydrogens is 170 g/mol. The van der Waals surface area contributed by atoms with Crippen LogP contribution in [-0.4, -0.2) is 0 Å². The van der Waals surface area contributed by atoms with Crippen molar-refractivity contribution < 1.29 is 0 Å². The first-order valence-corrected chi connectivity index (χ1v) is 5.59. The summed E-state index contributed by atoms with van der Waals surface area (Å²) < 4.78 is 0. The smallest absolute Gasteiger partial charge is 0.0323 e. The normalized spacial score (nSPS) is 16.9. The van der Waals surface area contributed by atoms with Crippen LogP contribution in [0.4, 0.5) is 0 Å². The molecule has 0 radical (unpaired) electrons. The Morgan fingerprint density at radius 1 is 1.29 bits per heavy atom. The molecule has 1 heteroatoms. The number of benzene rings is 1. The molecule has 1 unspecified atom stereocenters. The topological polar surface area (TPSA) is 26.0 Å². The van der Waals surface area contributed by atoms with Crippen molar-refractivity contribution >= 4 is 0 Å². The zero-order valence-electron chi connectivity index (χ0n) is 9.46. The third kappa shape index (κ3) is 2.85. The van der Waals surface area contributed by atoms with Crippen LogP contribution in [0.15, 0.2) is 24.3 Å². The molecule has 0 bridgehead atoms. The van der Waals surface area contributed by atoms with Crippen molar-refractivity contribution in [3.63, 3.8) is 0 Å². The van der Waals surface area contributed by atoms with Gasteiger partial charge in [0.15, 0.2) is 0 Å². The van der Waals surface area contributed by atoms with Crippen LogP contribution in [0, 0.1) is 12.8 Å². The van der Waals surface area contributed by atoms with E-state index in [1.54, 1.807) is 0 Å². The molecule has 0 spiro atoms. The van der Waals surface area contributed by atoms with Gasteiger partial charge in [0.25, 0.3) is 0 Å². The van der Waals surface area contributed by atoms with Gasteiger partial charge in [-0.15, -0.1) is 0 Å². The minimum atomic E-state index is 0.282. The molecule has 0 saturated heterocycles. The standard InChI is InChI=1S/C11H15N.C2H6/c1-8-3-2-4-10(7-8)11(12)9-5-6-9;1-2/h2-4,7,9,11H,5-6,12H2,1H3;1-2H3. The van der Waals surface area contributed by atoms with Gasteiger partial charge in [-0.2, -0.15) is 0 Å². The predicted molar refractivity (Wildman–Crippen MR) is 62.2 cm³/mol. The fraction of sp³-hybridized carbons (Fsp3) is 0.538. The highest BCUT2D eigenvalue weighted by atomic mass is 14.7. The highest BCUT2D eigenvalue weighted by Gasteiger charge is 2.29. The minimum Gasteiger partial charge on any atom is -0.324 e. The summed E-state index contributed by atoms with van der Waals surface area (Å²) in [6.07, 6.45) is 2.63. The quantitative estimate of drug-likeness (QED) is 0.761. The molecule has 0 heterocycles. The maximum atomic E-state index is 6.07. The second-order valence-electron chi connectivity index (χ2n) is 3.78. The Bertz CT molecular complexity index is 276. The van der Waals surface area contributed by atoms with E-state index >= 15 is 0 Å². The number of rotatable bonds is 2. The first-order valence-electron chi connectivity index (χ1n) is 5.59. The zero-order chi connectivity index (χ0) is 10.6.